The highest BCUT2D eigenvalue weighted by Crippen LogP contribution is 2.23. The lowest BCUT2D eigenvalue weighted by Crippen LogP contribution is -2.42. The van der Waals surface area contributed by atoms with Crippen molar-refractivity contribution in [3.05, 3.63) is 28.7 Å². The molecule has 2 heterocycles. The topological polar surface area (TPSA) is 52.7 Å². The Labute approximate surface area is 157 Å². The van der Waals surface area contributed by atoms with Crippen molar-refractivity contribution in [1.29, 1.82) is 0 Å². The third-order valence-corrected chi connectivity index (χ3v) is 5.70. The molecule has 136 valence electrons. The quantitative estimate of drug-likeness (QED) is 0.819. The number of piperidine rings is 2. The maximum absolute atomic E-state index is 12.4. The first-order valence-electron chi connectivity index (χ1n) is 9.21. The van der Waals surface area contributed by atoms with Crippen LogP contribution in [0.4, 0.5) is 10.5 Å². The van der Waals surface area contributed by atoms with Gasteiger partial charge in [-0.2, -0.15) is 0 Å². The van der Waals surface area contributed by atoms with E-state index in [4.69, 9.17) is 0 Å². The number of benzene rings is 1. The zero-order valence-corrected chi connectivity index (χ0v) is 16.1. The van der Waals surface area contributed by atoms with Gasteiger partial charge in [-0.05, 0) is 62.3 Å². The molecule has 0 aromatic heterocycles. The van der Waals surface area contributed by atoms with Crippen LogP contribution >= 0.6 is 15.9 Å². The number of halogens is 1. The summed E-state index contributed by atoms with van der Waals surface area (Å²) in [6.45, 7) is 3.29. The van der Waals surface area contributed by atoms with Gasteiger partial charge in [0.25, 0.3) is 0 Å². The van der Waals surface area contributed by atoms with Crippen LogP contribution in [-0.2, 0) is 4.79 Å². The summed E-state index contributed by atoms with van der Waals surface area (Å²) < 4.78 is 0.990. The fourth-order valence-electron chi connectivity index (χ4n) is 3.60. The number of hydrogen-bond donors (Lipinski definition) is 1. The lowest BCUT2D eigenvalue weighted by Gasteiger charge is -2.33. The molecule has 1 N–H and O–H groups in total. The highest BCUT2D eigenvalue weighted by molar-refractivity contribution is 9.10. The number of carbonyl (C=O) groups is 2. The van der Waals surface area contributed by atoms with Crippen LogP contribution in [0, 0.1) is 5.92 Å². The highest BCUT2D eigenvalue weighted by atomic mass is 79.9. The average molecular weight is 408 g/mol. The molecule has 5 nitrogen and oxygen atoms in total. The number of rotatable bonds is 3. The summed E-state index contributed by atoms with van der Waals surface area (Å²) in [5, 5.41) is 2.94. The normalized spacial score (nSPS) is 18.9. The van der Waals surface area contributed by atoms with Crippen LogP contribution in [0.2, 0.25) is 0 Å². The van der Waals surface area contributed by atoms with Crippen molar-refractivity contribution in [1.82, 2.24) is 9.80 Å². The number of nitrogens with one attached hydrogen (secondary N) is 1. The molecular weight excluding hydrogens is 382 g/mol. The summed E-state index contributed by atoms with van der Waals surface area (Å²) >= 11 is 3.39. The lowest BCUT2D eigenvalue weighted by atomic mass is 9.93. The molecule has 0 unspecified atom stereocenters. The zero-order chi connectivity index (χ0) is 17.6. The maximum atomic E-state index is 12.4. The molecule has 3 rings (SSSR count). The van der Waals surface area contributed by atoms with Crippen molar-refractivity contribution in [2.75, 3.05) is 31.5 Å². The summed E-state index contributed by atoms with van der Waals surface area (Å²) in [7, 11) is 0. The van der Waals surface area contributed by atoms with E-state index < -0.39 is 0 Å². The minimum atomic E-state index is -0.0527. The molecule has 2 aliphatic rings. The molecule has 1 aromatic carbocycles. The molecule has 2 fully saturated rings. The van der Waals surface area contributed by atoms with Crippen LogP contribution in [0.25, 0.3) is 0 Å². The zero-order valence-electron chi connectivity index (χ0n) is 14.5. The number of urea groups is 1. The molecular formula is C19H26BrN3O2. The molecule has 2 saturated heterocycles. The van der Waals surface area contributed by atoms with Gasteiger partial charge in [0.05, 0.1) is 0 Å². The van der Waals surface area contributed by atoms with E-state index in [0.717, 1.165) is 62.0 Å². The Bertz CT molecular complexity index is 591. The molecule has 6 heteroatoms. The molecule has 0 radical (unpaired) electrons. The third-order valence-electron chi connectivity index (χ3n) is 5.17. The molecule has 2 aliphatic heterocycles. The van der Waals surface area contributed by atoms with Crippen molar-refractivity contribution in [2.45, 2.75) is 38.5 Å². The van der Waals surface area contributed by atoms with Crippen molar-refractivity contribution in [3.63, 3.8) is 0 Å². The Morgan fingerprint density at radius 2 is 1.60 bits per heavy atom. The van der Waals surface area contributed by atoms with Gasteiger partial charge in [0.1, 0.15) is 0 Å². The summed E-state index contributed by atoms with van der Waals surface area (Å²) in [4.78, 5) is 28.6. The first-order chi connectivity index (χ1) is 12.1. The van der Waals surface area contributed by atoms with E-state index in [-0.39, 0.29) is 6.03 Å². The van der Waals surface area contributed by atoms with Crippen LogP contribution in [0.1, 0.15) is 38.5 Å². The van der Waals surface area contributed by atoms with E-state index in [2.05, 4.69) is 21.2 Å². The van der Waals surface area contributed by atoms with E-state index in [1.165, 1.54) is 6.42 Å². The molecule has 1 aromatic rings. The number of carbonyl (C=O) groups excluding carboxylic acids is 2. The monoisotopic (exact) mass is 407 g/mol. The summed E-state index contributed by atoms with van der Waals surface area (Å²) in [6.07, 6.45) is 5.99. The predicted octanol–water partition coefficient (Wildman–Crippen LogP) is 4.10. The van der Waals surface area contributed by atoms with Crippen molar-refractivity contribution < 1.29 is 9.59 Å². The Balaban J connectivity index is 1.42. The van der Waals surface area contributed by atoms with Gasteiger partial charge in [0.15, 0.2) is 0 Å². The van der Waals surface area contributed by atoms with Crippen LogP contribution in [0.5, 0.6) is 0 Å². The van der Waals surface area contributed by atoms with Crippen molar-refractivity contribution in [2.24, 2.45) is 5.92 Å². The number of amides is 3. The molecule has 0 saturated carbocycles. The van der Waals surface area contributed by atoms with Gasteiger partial charge in [-0.1, -0.05) is 15.9 Å². The third kappa shape index (κ3) is 5.21. The van der Waals surface area contributed by atoms with E-state index in [0.29, 0.717) is 18.2 Å². The van der Waals surface area contributed by atoms with E-state index in [1.54, 1.807) is 0 Å². The SMILES string of the molecule is O=C(CC1CCN(C(=O)Nc2ccc(Br)cc2)CC1)N1CCCCC1. The Kier molecular flexibility index (Phi) is 6.34. The second kappa shape index (κ2) is 8.70. The molecule has 25 heavy (non-hydrogen) atoms. The summed E-state index contributed by atoms with van der Waals surface area (Å²) in [5.74, 6) is 0.712. The Morgan fingerprint density at radius 1 is 0.960 bits per heavy atom. The minimum absolute atomic E-state index is 0.0527. The van der Waals surface area contributed by atoms with Crippen LogP contribution in [0.15, 0.2) is 28.7 Å². The predicted molar refractivity (Wildman–Crippen MR) is 103 cm³/mol. The minimum Gasteiger partial charge on any atom is -0.343 e. The van der Waals surface area contributed by atoms with Gasteiger partial charge in [-0.15, -0.1) is 0 Å². The molecule has 0 spiro atoms. The summed E-state index contributed by atoms with van der Waals surface area (Å²) in [6, 6.07) is 7.53. The number of nitrogens with zero attached hydrogens (tertiary/aromatic N) is 2. The molecule has 0 atom stereocenters. The van der Waals surface area contributed by atoms with Gasteiger partial charge in [0.2, 0.25) is 5.91 Å². The Hall–Kier alpha value is -1.56. The molecule has 0 aliphatic carbocycles. The second-order valence-electron chi connectivity index (χ2n) is 7.01. The standard InChI is InChI=1S/C19H26BrN3O2/c20-16-4-6-17(7-5-16)21-19(25)23-12-8-15(9-13-23)14-18(24)22-10-2-1-3-11-22/h4-7,15H,1-3,8-14H2,(H,21,25). The van der Waals surface area contributed by atoms with E-state index in [9.17, 15) is 9.59 Å². The van der Waals surface area contributed by atoms with E-state index >= 15 is 0 Å². The Morgan fingerprint density at radius 3 is 2.24 bits per heavy atom. The fraction of sp³-hybridized carbons (Fsp3) is 0.579. The number of hydrogen-bond acceptors (Lipinski definition) is 2. The van der Waals surface area contributed by atoms with Gasteiger partial charge in [-0.3, -0.25) is 4.79 Å². The number of likely N-dealkylation sites (tertiary alicyclic amines) is 2. The van der Waals surface area contributed by atoms with Crippen LogP contribution < -0.4 is 5.32 Å². The first kappa shape index (κ1) is 18.2. The van der Waals surface area contributed by atoms with Gasteiger partial charge < -0.3 is 15.1 Å². The first-order valence-corrected chi connectivity index (χ1v) is 10.0. The highest BCUT2D eigenvalue weighted by Gasteiger charge is 2.26. The summed E-state index contributed by atoms with van der Waals surface area (Å²) in [5.41, 5.74) is 0.801. The second-order valence-corrected chi connectivity index (χ2v) is 7.93. The number of anilines is 1. The average Bonchev–Trinajstić information content (AvgIpc) is 2.65. The van der Waals surface area contributed by atoms with Gasteiger partial charge in [-0.25, -0.2) is 4.79 Å². The van der Waals surface area contributed by atoms with Gasteiger partial charge in [0, 0.05) is 42.8 Å². The van der Waals surface area contributed by atoms with Crippen molar-refractivity contribution >= 4 is 33.6 Å². The van der Waals surface area contributed by atoms with Crippen molar-refractivity contribution in [3.8, 4) is 0 Å². The van der Waals surface area contributed by atoms with E-state index in [1.807, 2.05) is 34.1 Å². The maximum Gasteiger partial charge on any atom is 0.321 e. The molecule has 3 amide bonds. The largest absolute Gasteiger partial charge is 0.343 e. The fourth-order valence-corrected chi connectivity index (χ4v) is 3.86. The van der Waals surface area contributed by atoms with Gasteiger partial charge >= 0.3 is 6.03 Å². The molecule has 0 bridgehead atoms. The van der Waals surface area contributed by atoms with Crippen LogP contribution in [0.3, 0.4) is 0 Å². The smallest absolute Gasteiger partial charge is 0.321 e. The van der Waals surface area contributed by atoms with Crippen LogP contribution in [-0.4, -0.2) is 47.9 Å². The lowest BCUT2D eigenvalue weighted by molar-refractivity contribution is -0.133.